The van der Waals surface area contributed by atoms with E-state index in [1.165, 1.54) is 6.08 Å². The van der Waals surface area contributed by atoms with Crippen molar-refractivity contribution < 1.29 is 25.8 Å². The largest absolute Gasteiger partial charge is 0.534 e. The average molecular weight is 321 g/mol. The first-order chi connectivity index (χ1) is 9.78. The van der Waals surface area contributed by atoms with Gasteiger partial charge in [-0.25, -0.2) is 0 Å². The molecular weight excluding hydrogens is 307 g/mol. The molecule has 0 bridgehead atoms. The van der Waals surface area contributed by atoms with E-state index in [9.17, 15) is 21.6 Å². The first-order valence-corrected chi connectivity index (χ1v) is 7.66. The molecule has 1 aliphatic rings. The van der Waals surface area contributed by atoms with Crippen LogP contribution in [0.2, 0.25) is 0 Å². The van der Waals surface area contributed by atoms with Crippen molar-refractivity contribution in [2.45, 2.75) is 24.4 Å². The molecule has 2 rings (SSSR count). The first-order valence-electron chi connectivity index (χ1n) is 6.25. The lowest BCUT2D eigenvalue weighted by molar-refractivity contribution is -0.0523. The van der Waals surface area contributed by atoms with Crippen molar-refractivity contribution in [2.75, 3.05) is 6.54 Å². The predicted molar refractivity (Wildman–Crippen MR) is 70.7 cm³/mol. The predicted octanol–water partition coefficient (Wildman–Crippen LogP) is 2.34. The molecular formula is C13H14F3NO3S. The second-order valence-corrected chi connectivity index (χ2v) is 6.19. The maximum Gasteiger partial charge on any atom is 0.534 e. The molecule has 1 heterocycles. The third-order valence-electron chi connectivity index (χ3n) is 3.02. The SMILES string of the molecule is O=S(=O)(OC1=CCC(Cc2ccccc2)NC1)C(F)(F)F. The number of halogens is 3. The Hall–Kier alpha value is -1.54. The van der Waals surface area contributed by atoms with Crippen LogP contribution in [0.15, 0.2) is 42.2 Å². The Morgan fingerprint density at radius 3 is 2.43 bits per heavy atom. The fraction of sp³-hybridized carbons (Fsp3) is 0.385. The molecule has 1 aromatic carbocycles. The molecule has 1 N–H and O–H groups in total. The Bertz CT molecular complexity index is 611. The summed E-state index contributed by atoms with van der Waals surface area (Å²) in [4.78, 5) is 0. The van der Waals surface area contributed by atoms with Crippen molar-refractivity contribution in [2.24, 2.45) is 0 Å². The Morgan fingerprint density at radius 2 is 1.90 bits per heavy atom. The van der Waals surface area contributed by atoms with E-state index >= 15 is 0 Å². The standard InChI is InChI=1S/C13H14F3NO3S/c14-13(15,16)21(18,19)20-12-7-6-11(17-9-12)8-10-4-2-1-3-5-10/h1-5,7,11,17H,6,8-9H2. The smallest absolute Gasteiger partial charge is 0.380 e. The van der Waals surface area contributed by atoms with Crippen molar-refractivity contribution >= 4 is 10.1 Å². The average Bonchev–Trinajstić information content (AvgIpc) is 2.41. The first kappa shape index (κ1) is 15.8. The molecule has 0 aliphatic carbocycles. The molecule has 4 nitrogen and oxygen atoms in total. The number of hydrogen-bond donors (Lipinski definition) is 1. The molecule has 1 unspecified atom stereocenters. The Balaban J connectivity index is 1.94. The minimum atomic E-state index is -5.58. The second kappa shape index (κ2) is 6.07. The molecule has 1 atom stereocenters. The zero-order valence-corrected chi connectivity index (χ0v) is 11.7. The molecule has 0 radical (unpaired) electrons. The highest BCUT2D eigenvalue weighted by Gasteiger charge is 2.48. The lowest BCUT2D eigenvalue weighted by Gasteiger charge is -2.23. The topological polar surface area (TPSA) is 55.4 Å². The summed E-state index contributed by atoms with van der Waals surface area (Å²) in [6, 6.07) is 9.63. The van der Waals surface area contributed by atoms with Crippen molar-refractivity contribution in [1.29, 1.82) is 0 Å². The molecule has 116 valence electrons. The van der Waals surface area contributed by atoms with E-state index in [1.54, 1.807) is 0 Å². The van der Waals surface area contributed by atoms with Crippen LogP contribution in [0.5, 0.6) is 0 Å². The van der Waals surface area contributed by atoms with Crippen LogP contribution in [0.3, 0.4) is 0 Å². The normalized spacial score (nSPS) is 20.0. The molecule has 1 aliphatic heterocycles. The minimum absolute atomic E-state index is 0.0355. The lowest BCUT2D eigenvalue weighted by Crippen LogP contribution is -2.37. The fourth-order valence-electron chi connectivity index (χ4n) is 1.98. The highest BCUT2D eigenvalue weighted by atomic mass is 32.2. The van der Waals surface area contributed by atoms with Gasteiger partial charge in [0, 0.05) is 6.04 Å². The third-order valence-corrected chi connectivity index (χ3v) is 4.02. The molecule has 0 saturated heterocycles. The highest BCUT2D eigenvalue weighted by Crippen LogP contribution is 2.27. The molecule has 0 aromatic heterocycles. The minimum Gasteiger partial charge on any atom is -0.380 e. The van der Waals surface area contributed by atoms with Gasteiger partial charge in [0.15, 0.2) is 0 Å². The summed E-state index contributed by atoms with van der Waals surface area (Å²) >= 11 is 0. The second-order valence-electron chi connectivity index (χ2n) is 4.66. The van der Waals surface area contributed by atoms with Gasteiger partial charge in [-0.2, -0.15) is 21.6 Å². The van der Waals surface area contributed by atoms with Gasteiger partial charge in [0.2, 0.25) is 0 Å². The van der Waals surface area contributed by atoms with E-state index in [4.69, 9.17) is 0 Å². The van der Waals surface area contributed by atoms with Gasteiger partial charge >= 0.3 is 15.6 Å². The quantitative estimate of drug-likeness (QED) is 0.683. The van der Waals surface area contributed by atoms with Crippen LogP contribution in [-0.2, 0) is 20.7 Å². The van der Waals surface area contributed by atoms with E-state index in [1.807, 2.05) is 30.3 Å². The monoisotopic (exact) mass is 321 g/mol. The van der Waals surface area contributed by atoms with Crippen LogP contribution >= 0.6 is 0 Å². The maximum atomic E-state index is 12.2. The van der Waals surface area contributed by atoms with Crippen LogP contribution in [0.4, 0.5) is 13.2 Å². The number of benzene rings is 1. The molecule has 21 heavy (non-hydrogen) atoms. The molecule has 0 saturated carbocycles. The van der Waals surface area contributed by atoms with Crippen molar-refractivity contribution in [3.8, 4) is 0 Å². The molecule has 8 heteroatoms. The number of hydrogen-bond acceptors (Lipinski definition) is 4. The zero-order chi connectivity index (χ0) is 15.5. The Labute approximate surface area is 120 Å². The number of rotatable bonds is 4. The fourth-order valence-corrected chi connectivity index (χ4v) is 2.48. The summed E-state index contributed by atoms with van der Waals surface area (Å²) in [7, 11) is -5.58. The van der Waals surface area contributed by atoms with E-state index in [2.05, 4.69) is 9.50 Å². The van der Waals surface area contributed by atoms with Crippen molar-refractivity contribution in [3.05, 3.63) is 47.7 Å². The van der Waals surface area contributed by atoms with Crippen LogP contribution in [0.25, 0.3) is 0 Å². The van der Waals surface area contributed by atoms with Crippen LogP contribution in [-0.4, -0.2) is 26.5 Å². The lowest BCUT2D eigenvalue weighted by atomic mass is 10.0. The van der Waals surface area contributed by atoms with Gasteiger partial charge in [-0.15, -0.1) is 0 Å². The van der Waals surface area contributed by atoms with Gasteiger partial charge in [-0.05, 0) is 24.5 Å². The van der Waals surface area contributed by atoms with E-state index in [0.29, 0.717) is 12.8 Å². The van der Waals surface area contributed by atoms with Crippen LogP contribution in [0, 0.1) is 0 Å². The summed E-state index contributed by atoms with van der Waals surface area (Å²) in [5.74, 6) is -0.225. The van der Waals surface area contributed by atoms with Gasteiger partial charge in [0.1, 0.15) is 5.76 Å². The van der Waals surface area contributed by atoms with Crippen molar-refractivity contribution in [1.82, 2.24) is 5.32 Å². The van der Waals surface area contributed by atoms with Crippen LogP contribution in [0.1, 0.15) is 12.0 Å². The summed E-state index contributed by atoms with van der Waals surface area (Å²) in [6.45, 7) is -0.0488. The van der Waals surface area contributed by atoms with E-state index < -0.39 is 15.6 Å². The van der Waals surface area contributed by atoms with Gasteiger partial charge in [-0.1, -0.05) is 30.3 Å². The summed E-state index contributed by atoms with van der Waals surface area (Å²) in [6.07, 6.45) is 2.49. The van der Waals surface area contributed by atoms with Crippen LogP contribution < -0.4 is 5.32 Å². The highest BCUT2D eigenvalue weighted by molar-refractivity contribution is 7.87. The van der Waals surface area contributed by atoms with Gasteiger partial charge in [0.25, 0.3) is 0 Å². The summed E-state index contributed by atoms with van der Waals surface area (Å²) in [5, 5.41) is 2.97. The van der Waals surface area contributed by atoms with Gasteiger partial charge in [0.05, 0.1) is 6.54 Å². The Morgan fingerprint density at radius 1 is 1.24 bits per heavy atom. The van der Waals surface area contributed by atoms with Crippen molar-refractivity contribution in [3.63, 3.8) is 0 Å². The molecule has 0 fully saturated rings. The molecule has 0 amide bonds. The molecule has 1 aromatic rings. The zero-order valence-electron chi connectivity index (χ0n) is 10.9. The molecule has 0 spiro atoms. The van der Waals surface area contributed by atoms with E-state index in [0.717, 1.165) is 5.56 Å². The summed E-state index contributed by atoms with van der Waals surface area (Å²) in [5.41, 5.74) is -4.31. The maximum absolute atomic E-state index is 12.2. The summed E-state index contributed by atoms with van der Waals surface area (Å²) < 4.78 is 62.4. The Kier molecular flexibility index (Phi) is 4.58. The van der Waals surface area contributed by atoms with Gasteiger partial charge < -0.3 is 9.50 Å². The van der Waals surface area contributed by atoms with E-state index in [-0.39, 0.29) is 18.3 Å². The number of nitrogens with one attached hydrogen (secondary N) is 1. The number of alkyl halides is 3. The van der Waals surface area contributed by atoms with Gasteiger partial charge in [-0.3, -0.25) is 0 Å². The third kappa shape index (κ3) is 4.21.